The number of nitrogens with one attached hydrogen (secondary N) is 1. The standard InChI is InChI=1S/C20H19N5O3/c1-28-14-5-6-15-16(8-9-21-17(15)11-14)20(27)22-13-4-7-19-24-23-18(3-2-10-26)25(19)12-13/h4-9,11-12,26H,2-3,10H2,1H3,(H,22,27). The van der Waals surface area contributed by atoms with Crippen molar-refractivity contribution < 1.29 is 14.6 Å². The van der Waals surface area contributed by atoms with E-state index in [1.165, 1.54) is 0 Å². The Labute approximate surface area is 160 Å². The van der Waals surface area contributed by atoms with Gasteiger partial charge in [-0.25, -0.2) is 0 Å². The first kappa shape index (κ1) is 17.9. The number of fused-ring (bicyclic) bond motifs is 2. The van der Waals surface area contributed by atoms with Gasteiger partial charge in [0.1, 0.15) is 11.6 Å². The Hall–Kier alpha value is -3.52. The minimum Gasteiger partial charge on any atom is -0.497 e. The van der Waals surface area contributed by atoms with Gasteiger partial charge in [0.05, 0.1) is 23.9 Å². The van der Waals surface area contributed by atoms with E-state index in [0.29, 0.717) is 41.0 Å². The Balaban J connectivity index is 1.64. The van der Waals surface area contributed by atoms with Gasteiger partial charge in [-0.05, 0) is 36.8 Å². The van der Waals surface area contributed by atoms with Crippen LogP contribution in [0.2, 0.25) is 0 Å². The van der Waals surface area contributed by atoms with Crippen LogP contribution in [0.4, 0.5) is 5.69 Å². The molecule has 2 N–H and O–H groups in total. The molecule has 1 aromatic carbocycles. The van der Waals surface area contributed by atoms with E-state index in [1.54, 1.807) is 49.8 Å². The highest BCUT2D eigenvalue weighted by Gasteiger charge is 2.13. The van der Waals surface area contributed by atoms with Gasteiger partial charge in [-0.2, -0.15) is 0 Å². The van der Waals surface area contributed by atoms with Crippen molar-refractivity contribution in [3.05, 3.63) is 60.2 Å². The van der Waals surface area contributed by atoms with Crippen LogP contribution in [0.25, 0.3) is 16.6 Å². The number of benzene rings is 1. The van der Waals surface area contributed by atoms with Crippen LogP contribution in [-0.2, 0) is 6.42 Å². The predicted molar refractivity (Wildman–Crippen MR) is 105 cm³/mol. The van der Waals surface area contributed by atoms with Crippen molar-refractivity contribution in [3.63, 3.8) is 0 Å². The number of nitrogens with zero attached hydrogens (tertiary/aromatic N) is 4. The molecule has 0 aliphatic heterocycles. The summed E-state index contributed by atoms with van der Waals surface area (Å²) in [7, 11) is 1.59. The number of amides is 1. The summed E-state index contributed by atoms with van der Waals surface area (Å²) in [5.74, 6) is 1.19. The number of anilines is 1. The van der Waals surface area contributed by atoms with Gasteiger partial charge in [-0.1, -0.05) is 0 Å². The summed E-state index contributed by atoms with van der Waals surface area (Å²) >= 11 is 0. The highest BCUT2D eigenvalue weighted by Crippen LogP contribution is 2.23. The van der Waals surface area contributed by atoms with Crippen molar-refractivity contribution in [1.29, 1.82) is 0 Å². The third kappa shape index (κ3) is 3.37. The van der Waals surface area contributed by atoms with Crippen LogP contribution in [0.1, 0.15) is 22.6 Å². The minimum absolute atomic E-state index is 0.0885. The Morgan fingerprint density at radius 1 is 1.21 bits per heavy atom. The zero-order valence-corrected chi connectivity index (χ0v) is 15.3. The molecule has 28 heavy (non-hydrogen) atoms. The SMILES string of the molecule is COc1ccc2c(C(=O)Nc3ccc4nnc(CCCO)n4c3)ccnc2c1. The molecule has 0 aliphatic carbocycles. The summed E-state index contributed by atoms with van der Waals surface area (Å²) in [6.07, 6.45) is 4.59. The van der Waals surface area contributed by atoms with Crippen molar-refractivity contribution in [2.24, 2.45) is 0 Å². The molecule has 0 aliphatic rings. The lowest BCUT2D eigenvalue weighted by Crippen LogP contribution is -2.13. The first-order chi connectivity index (χ1) is 13.7. The molecule has 4 aromatic rings. The number of methoxy groups -OCH3 is 1. The van der Waals surface area contributed by atoms with Crippen molar-refractivity contribution in [2.45, 2.75) is 12.8 Å². The van der Waals surface area contributed by atoms with Crippen molar-refractivity contribution in [1.82, 2.24) is 19.6 Å². The molecule has 0 spiro atoms. The normalized spacial score (nSPS) is 11.1. The lowest BCUT2D eigenvalue weighted by Gasteiger charge is -2.09. The molecule has 0 fully saturated rings. The molecule has 0 atom stereocenters. The summed E-state index contributed by atoms with van der Waals surface area (Å²) < 4.78 is 7.04. The number of pyridine rings is 2. The quantitative estimate of drug-likeness (QED) is 0.535. The van der Waals surface area contributed by atoms with Crippen LogP contribution < -0.4 is 10.1 Å². The fourth-order valence-electron chi connectivity index (χ4n) is 3.07. The van der Waals surface area contributed by atoms with Gasteiger partial charge < -0.3 is 15.2 Å². The number of carbonyl (C=O) groups is 1. The molecule has 3 aromatic heterocycles. The van der Waals surface area contributed by atoms with E-state index in [-0.39, 0.29) is 12.5 Å². The molecule has 8 heteroatoms. The highest BCUT2D eigenvalue weighted by molar-refractivity contribution is 6.12. The third-order valence-corrected chi connectivity index (χ3v) is 4.48. The molecule has 3 heterocycles. The van der Waals surface area contributed by atoms with Crippen LogP contribution in [0, 0.1) is 0 Å². The zero-order chi connectivity index (χ0) is 19.5. The maximum Gasteiger partial charge on any atom is 0.256 e. The second-order valence-corrected chi connectivity index (χ2v) is 6.29. The van der Waals surface area contributed by atoms with Crippen LogP contribution in [0.3, 0.4) is 0 Å². The van der Waals surface area contributed by atoms with Gasteiger partial charge >= 0.3 is 0 Å². The van der Waals surface area contributed by atoms with Gasteiger partial charge in [-0.3, -0.25) is 14.2 Å². The van der Waals surface area contributed by atoms with Gasteiger partial charge in [0.2, 0.25) is 0 Å². The van der Waals surface area contributed by atoms with Crippen LogP contribution in [0.5, 0.6) is 5.75 Å². The molecule has 1 amide bonds. The summed E-state index contributed by atoms with van der Waals surface area (Å²) in [5.41, 5.74) is 2.53. The van der Waals surface area contributed by atoms with Crippen molar-refractivity contribution in [2.75, 3.05) is 19.0 Å². The number of rotatable bonds is 6. The Bertz CT molecular complexity index is 1160. The van der Waals surface area contributed by atoms with Crippen molar-refractivity contribution >= 4 is 28.1 Å². The number of carbonyl (C=O) groups excluding carboxylic acids is 1. The number of aliphatic hydroxyl groups is 1. The van der Waals surface area contributed by atoms with E-state index in [4.69, 9.17) is 9.84 Å². The average Bonchev–Trinajstić information content (AvgIpc) is 3.13. The minimum atomic E-state index is -0.234. The molecular formula is C20H19N5O3. The number of ether oxygens (including phenoxy) is 1. The maximum atomic E-state index is 12.9. The molecule has 0 saturated heterocycles. The Morgan fingerprint density at radius 2 is 2.11 bits per heavy atom. The lowest BCUT2D eigenvalue weighted by atomic mass is 10.1. The number of aliphatic hydroxyl groups excluding tert-OH is 1. The number of aryl methyl sites for hydroxylation is 1. The third-order valence-electron chi connectivity index (χ3n) is 4.48. The molecule has 0 unspecified atom stereocenters. The summed E-state index contributed by atoms with van der Waals surface area (Å²) in [6, 6.07) is 10.7. The topological polar surface area (TPSA) is 102 Å². The smallest absolute Gasteiger partial charge is 0.256 e. The molecule has 0 bridgehead atoms. The second-order valence-electron chi connectivity index (χ2n) is 6.29. The Morgan fingerprint density at radius 3 is 2.93 bits per heavy atom. The predicted octanol–water partition coefficient (Wildman–Crippen LogP) is 2.46. The van der Waals surface area contributed by atoms with E-state index in [1.807, 2.05) is 10.5 Å². The number of hydrogen-bond acceptors (Lipinski definition) is 6. The van der Waals surface area contributed by atoms with E-state index >= 15 is 0 Å². The first-order valence-corrected chi connectivity index (χ1v) is 8.88. The fraction of sp³-hybridized carbons (Fsp3) is 0.200. The monoisotopic (exact) mass is 377 g/mol. The highest BCUT2D eigenvalue weighted by atomic mass is 16.5. The molecule has 0 saturated carbocycles. The number of aromatic nitrogens is 4. The molecule has 8 nitrogen and oxygen atoms in total. The summed E-state index contributed by atoms with van der Waals surface area (Å²) in [6.45, 7) is 0.0885. The Kier molecular flexibility index (Phi) is 4.86. The van der Waals surface area contributed by atoms with E-state index in [9.17, 15) is 4.79 Å². The summed E-state index contributed by atoms with van der Waals surface area (Å²) in [4.78, 5) is 17.2. The van der Waals surface area contributed by atoms with Crippen LogP contribution in [0.15, 0.2) is 48.8 Å². The van der Waals surface area contributed by atoms with Gasteiger partial charge in [0.25, 0.3) is 5.91 Å². The molecule has 4 rings (SSSR count). The zero-order valence-electron chi connectivity index (χ0n) is 15.3. The van der Waals surface area contributed by atoms with Crippen LogP contribution in [-0.4, -0.2) is 44.3 Å². The molecular weight excluding hydrogens is 358 g/mol. The van der Waals surface area contributed by atoms with E-state index in [2.05, 4.69) is 20.5 Å². The van der Waals surface area contributed by atoms with Crippen LogP contribution >= 0.6 is 0 Å². The fourth-order valence-corrected chi connectivity index (χ4v) is 3.07. The van der Waals surface area contributed by atoms with Gasteiger partial charge in [0, 0.05) is 36.9 Å². The largest absolute Gasteiger partial charge is 0.497 e. The van der Waals surface area contributed by atoms with Crippen molar-refractivity contribution in [3.8, 4) is 5.75 Å². The molecule has 142 valence electrons. The summed E-state index contributed by atoms with van der Waals surface area (Å²) in [5, 5.41) is 20.9. The molecule has 0 radical (unpaired) electrons. The number of hydrogen-bond donors (Lipinski definition) is 2. The van der Waals surface area contributed by atoms with E-state index in [0.717, 1.165) is 11.2 Å². The average molecular weight is 377 g/mol. The first-order valence-electron chi connectivity index (χ1n) is 8.88. The van der Waals surface area contributed by atoms with Gasteiger partial charge in [0.15, 0.2) is 5.65 Å². The van der Waals surface area contributed by atoms with E-state index < -0.39 is 0 Å². The second kappa shape index (κ2) is 7.61. The van der Waals surface area contributed by atoms with Gasteiger partial charge in [-0.15, -0.1) is 10.2 Å². The maximum absolute atomic E-state index is 12.9. The lowest BCUT2D eigenvalue weighted by molar-refractivity contribution is 0.102.